The van der Waals surface area contributed by atoms with Gasteiger partial charge in [0.25, 0.3) is 11.8 Å². The van der Waals surface area contributed by atoms with E-state index in [0.29, 0.717) is 17.1 Å². The normalized spacial score (nSPS) is 14.2. The van der Waals surface area contributed by atoms with Gasteiger partial charge in [-0.25, -0.2) is 4.90 Å². The van der Waals surface area contributed by atoms with Gasteiger partial charge in [0.15, 0.2) is 0 Å². The monoisotopic (exact) mass is 378 g/mol. The van der Waals surface area contributed by atoms with Crippen LogP contribution in [-0.2, 0) is 9.59 Å². The molecule has 0 spiro atoms. The SMILES string of the molecule is COc1cccc(NC2=C(Cl)C(=O)N(c3cccc4ccccc34)C2=O)c1. The minimum atomic E-state index is -0.552. The van der Waals surface area contributed by atoms with Crippen molar-refractivity contribution in [1.82, 2.24) is 0 Å². The maximum absolute atomic E-state index is 13.0. The lowest BCUT2D eigenvalue weighted by atomic mass is 10.1. The van der Waals surface area contributed by atoms with Crippen molar-refractivity contribution in [3.8, 4) is 5.75 Å². The summed E-state index contributed by atoms with van der Waals surface area (Å²) in [5.41, 5.74) is 1.15. The Morgan fingerprint density at radius 2 is 1.67 bits per heavy atom. The number of fused-ring (bicyclic) bond motifs is 1. The molecule has 6 heteroatoms. The van der Waals surface area contributed by atoms with Gasteiger partial charge in [-0.3, -0.25) is 9.59 Å². The van der Waals surface area contributed by atoms with Crippen molar-refractivity contribution >= 4 is 45.6 Å². The summed E-state index contributed by atoms with van der Waals surface area (Å²) in [6.07, 6.45) is 0. The quantitative estimate of drug-likeness (QED) is 0.688. The summed E-state index contributed by atoms with van der Waals surface area (Å²) in [5, 5.41) is 4.54. The highest BCUT2D eigenvalue weighted by molar-refractivity contribution is 6.53. The third-order valence-corrected chi connectivity index (χ3v) is 4.72. The number of amides is 2. The number of methoxy groups -OCH3 is 1. The predicted molar refractivity (Wildman–Crippen MR) is 106 cm³/mol. The van der Waals surface area contributed by atoms with Crippen molar-refractivity contribution in [2.75, 3.05) is 17.3 Å². The fourth-order valence-corrected chi connectivity index (χ4v) is 3.29. The van der Waals surface area contributed by atoms with Gasteiger partial charge >= 0.3 is 0 Å². The molecule has 4 rings (SSSR count). The minimum Gasteiger partial charge on any atom is -0.497 e. The molecule has 0 aromatic heterocycles. The lowest BCUT2D eigenvalue weighted by Gasteiger charge is -2.17. The molecule has 0 aliphatic carbocycles. The van der Waals surface area contributed by atoms with E-state index in [2.05, 4.69) is 5.32 Å². The number of anilines is 2. The highest BCUT2D eigenvalue weighted by Gasteiger charge is 2.39. The van der Waals surface area contributed by atoms with Crippen molar-refractivity contribution in [1.29, 1.82) is 0 Å². The minimum absolute atomic E-state index is 0.0443. The smallest absolute Gasteiger partial charge is 0.283 e. The summed E-state index contributed by atoms with van der Waals surface area (Å²) in [5.74, 6) is -0.424. The lowest BCUT2D eigenvalue weighted by molar-refractivity contribution is -0.120. The Hall–Kier alpha value is -3.31. The summed E-state index contributed by atoms with van der Waals surface area (Å²) < 4.78 is 5.18. The molecule has 0 saturated heterocycles. The molecule has 0 fully saturated rings. The van der Waals surface area contributed by atoms with Gasteiger partial charge < -0.3 is 10.1 Å². The van der Waals surface area contributed by atoms with Gasteiger partial charge in [-0.1, -0.05) is 54.1 Å². The number of carbonyl (C=O) groups excluding carboxylic acids is 2. The first kappa shape index (κ1) is 17.1. The van der Waals surface area contributed by atoms with E-state index in [0.717, 1.165) is 15.7 Å². The predicted octanol–water partition coefficient (Wildman–Crippen LogP) is 4.28. The Labute approximate surface area is 160 Å². The number of ether oxygens (including phenoxy) is 1. The van der Waals surface area contributed by atoms with Crippen LogP contribution in [0.15, 0.2) is 77.5 Å². The van der Waals surface area contributed by atoms with E-state index in [1.54, 1.807) is 43.5 Å². The lowest BCUT2D eigenvalue weighted by Crippen LogP contribution is -2.32. The first-order valence-corrected chi connectivity index (χ1v) is 8.65. The average molecular weight is 379 g/mol. The summed E-state index contributed by atoms with van der Waals surface area (Å²) in [6.45, 7) is 0. The highest BCUT2D eigenvalue weighted by Crippen LogP contribution is 2.34. The Balaban J connectivity index is 1.72. The van der Waals surface area contributed by atoms with Crippen LogP contribution in [0.2, 0.25) is 0 Å². The van der Waals surface area contributed by atoms with Gasteiger partial charge in [-0.05, 0) is 23.6 Å². The zero-order valence-electron chi connectivity index (χ0n) is 14.4. The van der Waals surface area contributed by atoms with Crippen molar-refractivity contribution in [3.63, 3.8) is 0 Å². The Bertz CT molecular complexity index is 1100. The maximum atomic E-state index is 13.0. The summed E-state index contributed by atoms with van der Waals surface area (Å²) in [4.78, 5) is 26.8. The van der Waals surface area contributed by atoms with Gasteiger partial charge in [-0.15, -0.1) is 0 Å². The maximum Gasteiger partial charge on any atom is 0.283 e. The summed E-state index contributed by atoms with van der Waals surface area (Å²) in [6, 6.07) is 20.1. The zero-order chi connectivity index (χ0) is 19.0. The molecular weight excluding hydrogens is 364 g/mol. The van der Waals surface area contributed by atoms with Crippen molar-refractivity contribution < 1.29 is 14.3 Å². The van der Waals surface area contributed by atoms with E-state index < -0.39 is 11.8 Å². The van der Waals surface area contributed by atoms with Crippen molar-refractivity contribution in [3.05, 3.63) is 77.5 Å². The van der Waals surface area contributed by atoms with Crippen LogP contribution >= 0.6 is 11.6 Å². The first-order valence-electron chi connectivity index (χ1n) is 8.27. The molecule has 3 aromatic rings. The van der Waals surface area contributed by atoms with E-state index in [-0.39, 0.29) is 10.7 Å². The van der Waals surface area contributed by atoms with Crippen LogP contribution in [0.1, 0.15) is 0 Å². The van der Waals surface area contributed by atoms with Crippen LogP contribution in [0.3, 0.4) is 0 Å². The van der Waals surface area contributed by atoms with Crippen LogP contribution < -0.4 is 15.0 Å². The van der Waals surface area contributed by atoms with Crippen LogP contribution in [0.5, 0.6) is 5.75 Å². The molecule has 2 amide bonds. The average Bonchev–Trinajstić information content (AvgIpc) is 2.91. The van der Waals surface area contributed by atoms with Gasteiger partial charge in [0, 0.05) is 17.1 Å². The number of benzene rings is 3. The second-order valence-electron chi connectivity index (χ2n) is 5.99. The van der Waals surface area contributed by atoms with E-state index in [4.69, 9.17) is 16.3 Å². The summed E-state index contributed by atoms with van der Waals surface area (Å²) in [7, 11) is 1.55. The topological polar surface area (TPSA) is 58.6 Å². The number of halogens is 1. The Morgan fingerprint density at radius 3 is 2.48 bits per heavy atom. The van der Waals surface area contributed by atoms with Gasteiger partial charge in [-0.2, -0.15) is 0 Å². The summed E-state index contributed by atoms with van der Waals surface area (Å²) >= 11 is 6.22. The van der Waals surface area contributed by atoms with Crippen LogP contribution in [-0.4, -0.2) is 18.9 Å². The fourth-order valence-electron chi connectivity index (χ4n) is 3.08. The molecule has 5 nitrogen and oxygen atoms in total. The van der Waals surface area contributed by atoms with Crippen LogP contribution in [0.25, 0.3) is 10.8 Å². The third-order valence-electron chi connectivity index (χ3n) is 4.37. The number of carbonyl (C=O) groups is 2. The van der Waals surface area contributed by atoms with E-state index in [1.165, 1.54) is 0 Å². The number of hydrogen-bond donors (Lipinski definition) is 1. The van der Waals surface area contributed by atoms with Crippen LogP contribution in [0.4, 0.5) is 11.4 Å². The molecule has 3 aromatic carbocycles. The number of hydrogen-bond acceptors (Lipinski definition) is 4. The molecule has 0 atom stereocenters. The zero-order valence-corrected chi connectivity index (χ0v) is 15.2. The molecule has 0 bridgehead atoms. The molecule has 0 unspecified atom stereocenters. The molecule has 1 heterocycles. The molecule has 0 radical (unpaired) electrons. The number of nitrogens with zero attached hydrogens (tertiary/aromatic N) is 1. The van der Waals surface area contributed by atoms with Crippen LogP contribution in [0, 0.1) is 0 Å². The van der Waals surface area contributed by atoms with E-state index in [9.17, 15) is 9.59 Å². The second kappa shape index (κ2) is 6.78. The Kier molecular flexibility index (Phi) is 4.30. The molecule has 1 N–H and O–H groups in total. The van der Waals surface area contributed by atoms with Crippen molar-refractivity contribution in [2.45, 2.75) is 0 Å². The highest BCUT2D eigenvalue weighted by atomic mass is 35.5. The van der Waals surface area contributed by atoms with E-state index >= 15 is 0 Å². The second-order valence-corrected chi connectivity index (χ2v) is 6.37. The number of rotatable bonds is 4. The third kappa shape index (κ3) is 2.92. The van der Waals surface area contributed by atoms with Gasteiger partial charge in [0.2, 0.25) is 0 Å². The van der Waals surface area contributed by atoms with E-state index in [1.807, 2.05) is 30.3 Å². The Morgan fingerprint density at radius 1 is 0.926 bits per heavy atom. The fraction of sp³-hybridized carbons (Fsp3) is 0.0476. The van der Waals surface area contributed by atoms with Crippen molar-refractivity contribution in [2.24, 2.45) is 0 Å². The molecule has 134 valence electrons. The number of imide groups is 1. The van der Waals surface area contributed by atoms with Gasteiger partial charge in [0.1, 0.15) is 16.5 Å². The molecule has 1 aliphatic rings. The first-order chi connectivity index (χ1) is 13.1. The van der Waals surface area contributed by atoms with Gasteiger partial charge in [0.05, 0.1) is 12.8 Å². The molecular formula is C21H15ClN2O3. The molecule has 1 aliphatic heterocycles. The molecule has 27 heavy (non-hydrogen) atoms. The largest absolute Gasteiger partial charge is 0.497 e. The number of nitrogens with one attached hydrogen (secondary N) is 1. The standard InChI is InChI=1S/C21H15ClN2O3/c1-27-15-9-5-8-14(12-15)23-19-18(22)20(25)24(21(19)26)17-11-4-7-13-6-2-3-10-16(13)17/h2-12,23H,1H3. The molecule has 0 saturated carbocycles.